The van der Waals surface area contributed by atoms with Gasteiger partial charge < -0.3 is 24.6 Å². The molecule has 0 spiro atoms. The fourth-order valence-electron chi connectivity index (χ4n) is 5.70. The molecule has 5 rings (SSSR count). The monoisotopic (exact) mass is 559 g/mol. The number of esters is 1. The van der Waals surface area contributed by atoms with Gasteiger partial charge in [-0.1, -0.05) is 36.4 Å². The minimum absolute atomic E-state index is 0.103. The standard InChI is InChI=1S/C31H33N3O7/c1-5-19-16-31(19,30(38)40-6-2)34-27(35)22-14-20(15-23(22)29(36)37)41-28-21-12-13-24(39-4)17(3)25(21)32-26(33-28)18-10-8-7-9-11-18/h5,7-13,19-20,22-23H,1,6,14-16H2,2-4H3,(H,34,35)(H,36,37)/t19-,20-,22-,23-,31?/m1/s1. The van der Waals surface area contributed by atoms with Crippen LogP contribution in [0.5, 0.6) is 11.6 Å². The zero-order chi connectivity index (χ0) is 29.3. The highest BCUT2D eigenvalue weighted by molar-refractivity contribution is 5.94. The Kier molecular flexibility index (Phi) is 7.66. The Labute approximate surface area is 237 Å². The maximum atomic E-state index is 13.4. The van der Waals surface area contributed by atoms with Crippen LogP contribution in [0.15, 0.2) is 55.1 Å². The molecule has 41 heavy (non-hydrogen) atoms. The Hall–Kier alpha value is -4.47. The van der Waals surface area contributed by atoms with Crippen molar-refractivity contribution in [3.63, 3.8) is 0 Å². The van der Waals surface area contributed by atoms with E-state index < -0.39 is 41.3 Å². The van der Waals surface area contributed by atoms with Crippen molar-refractivity contribution < 1.29 is 33.7 Å². The summed E-state index contributed by atoms with van der Waals surface area (Å²) in [4.78, 5) is 47.8. The van der Waals surface area contributed by atoms with Gasteiger partial charge in [-0.25, -0.2) is 9.78 Å². The Morgan fingerprint density at radius 3 is 2.49 bits per heavy atom. The number of hydrogen-bond acceptors (Lipinski definition) is 8. The van der Waals surface area contributed by atoms with Gasteiger partial charge in [0.25, 0.3) is 0 Å². The van der Waals surface area contributed by atoms with Gasteiger partial charge >= 0.3 is 11.9 Å². The van der Waals surface area contributed by atoms with Crippen molar-refractivity contribution >= 4 is 28.7 Å². The second-order valence-electron chi connectivity index (χ2n) is 10.5. The van der Waals surface area contributed by atoms with Crippen molar-refractivity contribution in [2.24, 2.45) is 17.8 Å². The van der Waals surface area contributed by atoms with E-state index in [2.05, 4.69) is 11.9 Å². The number of aliphatic carboxylic acids is 1. The quantitative estimate of drug-likeness (QED) is 0.278. The van der Waals surface area contributed by atoms with E-state index in [1.807, 2.05) is 49.4 Å². The van der Waals surface area contributed by atoms with Crippen molar-refractivity contribution in [2.45, 2.75) is 44.8 Å². The van der Waals surface area contributed by atoms with Crippen LogP contribution in [-0.4, -0.2) is 58.3 Å². The fourth-order valence-corrected chi connectivity index (χ4v) is 5.70. The van der Waals surface area contributed by atoms with Crippen LogP contribution in [0.2, 0.25) is 0 Å². The molecule has 1 heterocycles. The van der Waals surface area contributed by atoms with Crippen molar-refractivity contribution in [1.29, 1.82) is 0 Å². The van der Waals surface area contributed by atoms with E-state index in [1.54, 1.807) is 20.1 Å². The third-order valence-corrected chi connectivity index (χ3v) is 8.03. The van der Waals surface area contributed by atoms with Crippen LogP contribution in [-0.2, 0) is 19.1 Å². The number of fused-ring (bicyclic) bond motifs is 1. The lowest BCUT2D eigenvalue weighted by atomic mass is 9.94. The molecular weight excluding hydrogens is 526 g/mol. The second kappa shape index (κ2) is 11.2. The molecule has 3 aromatic rings. The molecule has 2 fully saturated rings. The van der Waals surface area contributed by atoms with E-state index in [0.29, 0.717) is 34.8 Å². The molecule has 0 saturated heterocycles. The zero-order valence-corrected chi connectivity index (χ0v) is 23.3. The predicted molar refractivity (Wildman–Crippen MR) is 150 cm³/mol. The minimum Gasteiger partial charge on any atom is -0.496 e. The molecule has 2 N–H and O–H groups in total. The third-order valence-electron chi connectivity index (χ3n) is 8.03. The molecule has 0 radical (unpaired) electrons. The molecule has 1 amide bonds. The summed E-state index contributed by atoms with van der Waals surface area (Å²) >= 11 is 0. The summed E-state index contributed by atoms with van der Waals surface area (Å²) < 4.78 is 17.1. The number of ether oxygens (including phenoxy) is 3. The van der Waals surface area contributed by atoms with Gasteiger partial charge in [-0.3, -0.25) is 9.59 Å². The summed E-state index contributed by atoms with van der Waals surface area (Å²) in [5.74, 6) is -2.91. The largest absolute Gasteiger partial charge is 0.496 e. The number of carbonyl (C=O) groups is 3. The molecule has 0 aliphatic heterocycles. The van der Waals surface area contributed by atoms with E-state index in [-0.39, 0.29) is 25.4 Å². The first-order valence-corrected chi connectivity index (χ1v) is 13.6. The number of aromatic nitrogens is 2. The molecule has 1 aromatic heterocycles. The van der Waals surface area contributed by atoms with Crippen LogP contribution in [0, 0.1) is 24.7 Å². The smallest absolute Gasteiger partial charge is 0.332 e. The van der Waals surface area contributed by atoms with E-state index in [4.69, 9.17) is 24.2 Å². The first kappa shape index (κ1) is 28.1. The fraction of sp³-hybridized carbons (Fsp3) is 0.387. The van der Waals surface area contributed by atoms with Crippen molar-refractivity contribution in [3.05, 3.63) is 60.7 Å². The minimum atomic E-state index is -1.21. The van der Waals surface area contributed by atoms with Gasteiger partial charge in [-0.05, 0) is 45.2 Å². The maximum absolute atomic E-state index is 13.4. The normalized spacial score (nSPS) is 24.9. The number of benzene rings is 2. The highest BCUT2D eigenvalue weighted by atomic mass is 16.5. The summed E-state index contributed by atoms with van der Waals surface area (Å²) in [5.41, 5.74) is 1.04. The lowest BCUT2D eigenvalue weighted by Crippen LogP contribution is -2.49. The summed E-state index contributed by atoms with van der Waals surface area (Å²) in [7, 11) is 1.59. The van der Waals surface area contributed by atoms with Crippen molar-refractivity contribution in [2.75, 3.05) is 13.7 Å². The number of nitrogens with zero attached hydrogens (tertiary/aromatic N) is 2. The number of rotatable bonds is 10. The highest BCUT2D eigenvalue weighted by Crippen LogP contribution is 2.46. The van der Waals surface area contributed by atoms with Gasteiger partial charge in [0.05, 0.1) is 36.5 Å². The first-order chi connectivity index (χ1) is 19.7. The van der Waals surface area contributed by atoms with Crippen LogP contribution >= 0.6 is 0 Å². The Bertz CT molecular complexity index is 1510. The topological polar surface area (TPSA) is 137 Å². The number of hydrogen-bond donors (Lipinski definition) is 2. The number of carbonyl (C=O) groups excluding carboxylic acids is 2. The van der Waals surface area contributed by atoms with Crippen molar-refractivity contribution in [1.82, 2.24) is 15.3 Å². The molecule has 2 aliphatic carbocycles. The Morgan fingerprint density at radius 2 is 1.85 bits per heavy atom. The van der Waals surface area contributed by atoms with E-state index in [0.717, 1.165) is 11.1 Å². The molecule has 2 saturated carbocycles. The SMILES string of the molecule is C=C[C@@H]1CC1(NC(=O)[C@@H]1C[C@@H](Oc2nc(-c3ccccc3)nc3c(C)c(OC)ccc23)C[C@H]1C(=O)O)C(=O)OCC. The average molecular weight is 560 g/mol. The number of aryl methyl sites for hydroxylation is 1. The van der Waals surface area contributed by atoms with Crippen LogP contribution < -0.4 is 14.8 Å². The van der Waals surface area contributed by atoms with Gasteiger partial charge in [0.2, 0.25) is 11.8 Å². The summed E-state index contributed by atoms with van der Waals surface area (Å²) in [6.45, 7) is 7.50. The van der Waals surface area contributed by atoms with Crippen LogP contribution in [0.4, 0.5) is 0 Å². The van der Waals surface area contributed by atoms with Gasteiger partial charge in [-0.2, -0.15) is 4.98 Å². The number of carboxylic acids is 1. The molecular formula is C31H33N3O7. The van der Waals surface area contributed by atoms with Gasteiger partial charge in [0.1, 0.15) is 17.4 Å². The highest BCUT2D eigenvalue weighted by Gasteiger charge is 2.62. The molecule has 2 aliphatic rings. The number of nitrogens with one attached hydrogen (secondary N) is 1. The lowest BCUT2D eigenvalue weighted by Gasteiger charge is -2.21. The zero-order valence-electron chi connectivity index (χ0n) is 23.3. The summed E-state index contributed by atoms with van der Waals surface area (Å²) in [6, 6.07) is 13.1. The van der Waals surface area contributed by atoms with E-state index in [1.165, 1.54) is 0 Å². The van der Waals surface area contributed by atoms with Gasteiger partial charge in [-0.15, -0.1) is 6.58 Å². The number of carboxylic acid groups (broad SMARTS) is 1. The van der Waals surface area contributed by atoms with Crippen LogP contribution in [0.25, 0.3) is 22.3 Å². The van der Waals surface area contributed by atoms with E-state index >= 15 is 0 Å². The summed E-state index contributed by atoms with van der Waals surface area (Å²) in [6.07, 6.45) is 1.61. The number of amides is 1. The third kappa shape index (κ3) is 5.21. The molecule has 5 atom stereocenters. The Balaban J connectivity index is 1.45. The summed E-state index contributed by atoms with van der Waals surface area (Å²) in [5, 5.41) is 13.4. The molecule has 2 aromatic carbocycles. The molecule has 0 bridgehead atoms. The Morgan fingerprint density at radius 1 is 1.12 bits per heavy atom. The van der Waals surface area contributed by atoms with Crippen molar-refractivity contribution in [3.8, 4) is 23.0 Å². The molecule has 10 nitrogen and oxygen atoms in total. The molecule has 10 heteroatoms. The molecule has 214 valence electrons. The molecule has 1 unspecified atom stereocenters. The lowest BCUT2D eigenvalue weighted by molar-refractivity contribution is -0.150. The van der Waals surface area contributed by atoms with Crippen LogP contribution in [0.1, 0.15) is 31.7 Å². The second-order valence-corrected chi connectivity index (χ2v) is 10.5. The maximum Gasteiger partial charge on any atom is 0.332 e. The predicted octanol–water partition coefficient (Wildman–Crippen LogP) is 4.10. The number of methoxy groups -OCH3 is 1. The van der Waals surface area contributed by atoms with Gasteiger partial charge in [0, 0.05) is 17.0 Å². The first-order valence-electron chi connectivity index (χ1n) is 13.6. The van der Waals surface area contributed by atoms with Gasteiger partial charge in [0.15, 0.2) is 5.82 Å². The van der Waals surface area contributed by atoms with Crippen LogP contribution in [0.3, 0.4) is 0 Å². The average Bonchev–Trinajstić information content (AvgIpc) is 3.52. The van der Waals surface area contributed by atoms with E-state index in [9.17, 15) is 19.5 Å².